The zero-order valence-corrected chi connectivity index (χ0v) is 17.9. The molecule has 3 aromatic rings. The maximum absolute atomic E-state index is 12.2. The first-order chi connectivity index (χ1) is 15.0. The number of nitrogens with zero attached hydrogens (tertiary/aromatic N) is 2. The van der Waals surface area contributed by atoms with E-state index in [1.54, 1.807) is 42.5 Å². The summed E-state index contributed by atoms with van der Waals surface area (Å²) in [5.74, 6) is -0.112. The fourth-order valence-electron chi connectivity index (χ4n) is 2.49. The number of nitrogens with one attached hydrogen (secondary N) is 2. The van der Waals surface area contributed by atoms with E-state index < -0.39 is 5.91 Å². The van der Waals surface area contributed by atoms with Crippen LogP contribution in [-0.4, -0.2) is 48.8 Å². The third-order valence-corrected chi connectivity index (χ3v) is 4.50. The Morgan fingerprint density at radius 1 is 1.06 bits per heavy atom. The number of methoxy groups -OCH3 is 1. The molecule has 0 unspecified atom stereocenters. The van der Waals surface area contributed by atoms with Gasteiger partial charge in [-0.1, -0.05) is 40.5 Å². The van der Waals surface area contributed by atoms with Gasteiger partial charge in [0.2, 0.25) is 5.82 Å². The van der Waals surface area contributed by atoms with Gasteiger partial charge in [0.25, 0.3) is 5.91 Å². The van der Waals surface area contributed by atoms with E-state index in [2.05, 4.69) is 20.8 Å². The number of halogens is 2. The Balaban J connectivity index is 1.45. The van der Waals surface area contributed by atoms with Crippen molar-refractivity contribution in [2.45, 2.75) is 0 Å². The van der Waals surface area contributed by atoms with Crippen LogP contribution in [0.2, 0.25) is 10.0 Å². The minimum atomic E-state index is -0.582. The normalized spacial score (nSPS) is 10.4. The third kappa shape index (κ3) is 6.09. The van der Waals surface area contributed by atoms with Crippen molar-refractivity contribution in [2.24, 2.45) is 0 Å². The predicted octanol–water partition coefficient (Wildman–Crippen LogP) is 2.98. The number of rotatable bonds is 9. The van der Waals surface area contributed by atoms with E-state index in [-0.39, 0.29) is 37.3 Å². The molecule has 9 nitrogen and oxygen atoms in total. The van der Waals surface area contributed by atoms with Crippen molar-refractivity contribution >= 4 is 35.0 Å². The van der Waals surface area contributed by atoms with Gasteiger partial charge in [0, 0.05) is 18.1 Å². The zero-order chi connectivity index (χ0) is 22.2. The molecule has 162 valence electrons. The molecule has 0 saturated heterocycles. The molecular formula is C20H18Cl2N4O5. The van der Waals surface area contributed by atoms with Gasteiger partial charge in [-0.3, -0.25) is 9.59 Å². The molecular weight excluding hydrogens is 447 g/mol. The average molecular weight is 465 g/mol. The summed E-state index contributed by atoms with van der Waals surface area (Å²) in [5.41, 5.74) is 0.489. The molecule has 0 aliphatic carbocycles. The van der Waals surface area contributed by atoms with Crippen molar-refractivity contribution in [1.29, 1.82) is 0 Å². The van der Waals surface area contributed by atoms with Gasteiger partial charge in [0.05, 0.1) is 17.7 Å². The third-order valence-electron chi connectivity index (χ3n) is 3.95. The number of hydrogen-bond acceptors (Lipinski definition) is 7. The highest BCUT2D eigenvalue weighted by molar-refractivity contribution is 6.32. The van der Waals surface area contributed by atoms with Crippen LogP contribution in [0.1, 0.15) is 10.7 Å². The van der Waals surface area contributed by atoms with Crippen LogP contribution in [0.5, 0.6) is 11.5 Å². The number of ether oxygens (including phenoxy) is 2. The lowest BCUT2D eigenvalue weighted by molar-refractivity contribution is -0.123. The SMILES string of the molecule is COc1ccc(Cl)cc1-c1noc(C(=O)NCCNC(=O)COc2ccccc2Cl)n1. The lowest BCUT2D eigenvalue weighted by Crippen LogP contribution is -2.36. The smallest absolute Gasteiger partial charge is 0.316 e. The minimum absolute atomic E-state index is 0.148. The van der Waals surface area contributed by atoms with E-state index in [0.29, 0.717) is 27.1 Å². The number of carbonyl (C=O) groups is 2. The van der Waals surface area contributed by atoms with Crippen molar-refractivity contribution < 1.29 is 23.6 Å². The Labute approximate surface area is 187 Å². The summed E-state index contributed by atoms with van der Waals surface area (Å²) < 4.78 is 15.6. The molecule has 31 heavy (non-hydrogen) atoms. The lowest BCUT2D eigenvalue weighted by Gasteiger charge is -2.08. The molecule has 0 radical (unpaired) electrons. The number of hydrogen-bond donors (Lipinski definition) is 2. The second kappa shape index (κ2) is 10.6. The van der Waals surface area contributed by atoms with E-state index in [1.165, 1.54) is 7.11 Å². The fourth-order valence-corrected chi connectivity index (χ4v) is 2.85. The van der Waals surface area contributed by atoms with Crippen LogP contribution in [0.3, 0.4) is 0 Å². The van der Waals surface area contributed by atoms with Crippen LogP contribution in [-0.2, 0) is 4.79 Å². The molecule has 0 spiro atoms. The number of amides is 2. The van der Waals surface area contributed by atoms with Crippen LogP contribution in [0.4, 0.5) is 0 Å². The fraction of sp³-hybridized carbons (Fsp3) is 0.200. The molecule has 2 N–H and O–H groups in total. The topological polar surface area (TPSA) is 116 Å². The molecule has 0 atom stereocenters. The van der Waals surface area contributed by atoms with Gasteiger partial charge in [0.1, 0.15) is 11.5 Å². The van der Waals surface area contributed by atoms with Gasteiger partial charge in [-0.05, 0) is 30.3 Å². The minimum Gasteiger partial charge on any atom is -0.496 e. The standard InChI is InChI=1S/C20H18Cl2N4O5/c1-29-15-7-6-12(21)10-13(15)18-25-20(31-26-18)19(28)24-9-8-23-17(27)11-30-16-5-3-2-4-14(16)22/h2-7,10H,8-9,11H2,1H3,(H,23,27)(H,24,28). The number of carbonyl (C=O) groups excluding carboxylic acids is 2. The second-order valence-electron chi connectivity index (χ2n) is 6.09. The summed E-state index contributed by atoms with van der Waals surface area (Å²) in [5, 5.41) is 9.85. The Hall–Kier alpha value is -3.30. The van der Waals surface area contributed by atoms with E-state index in [4.69, 9.17) is 37.2 Å². The van der Waals surface area contributed by atoms with Gasteiger partial charge in [-0.25, -0.2) is 0 Å². The molecule has 2 amide bonds. The first-order valence-corrected chi connectivity index (χ1v) is 9.83. The Kier molecular flexibility index (Phi) is 7.69. The van der Waals surface area contributed by atoms with E-state index >= 15 is 0 Å². The predicted molar refractivity (Wildman–Crippen MR) is 114 cm³/mol. The van der Waals surface area contributed by atoms with E-state index in [9.17, 15) is 9.59 Å². The Morgan fingerprint density at radius 3 is 2.61 bits per heavy atom. The highest BCUT2D eigenvalue weighted by atomic mass is 35.5. The molecule has 2 aromatic carbocycles. The highest BCUT2D eigenvalue weighted by Gasteiger charge is 2.18. The number of aromatic nitrogens is 2. The molecule has 0 fully saturated rings. The summed E-state index contributed by atoms with van der Waals surface area (Å²) >= 11 is 12.0. The van der Waals surface area contributed by atoms with Crippen molar-refractivity contribution in [3.05, 3.63) is 58.4 Å². The Morgan fingerprint density at radius 2 is 1.84 bits per heavy atom. The molecule has 3 rings (SSSR count). The molecule has 0 bridgehead atoms. The van der Waals surface area contributed by atoms with Gasteiger partial charge in [-0.15, -0.1) is 0 Å². The van der Waals surface area contributed by atoms with Crippen molar-refractivity contribution in [1.82, 2.24) is 20.8 Å². The Bertz CT molecular complexity index is 1070. The summed E-state index contributed by atoms with van der Waals surface area (Å²) in [7, 11) is 1.49. The maximum atomic E-state index is 12.2. The maximum Gasteiger partial charge on any atom is 0.316 e. The first kappa shape index (κ1) is 22.4. The van der Waals surface area contributed by atoms with Crippen LogP contribution in [0.15, 0.2) is 47.0 Å². The monoisotopic (exact) mass is 464 g/mol. The number of para-hydroxylation sites is 1. The molecule has 0 saturated carbocycles. The van der Waals surface area contributed by atoms with Crippen LogP contribution in [0.25, 0.3) is 11.4 Å². The van der Waals surface area contributed by atoms with Crippen molar-refractivity contribution in [3.63, 3.8) is 0 Å². The van der Waals surface area contributed by atoms with Gasteiger partial charge < -0.3 is 24.6 Å². The largest absolute Gasteiger partial charge is 0.496 e. The summed E-state index contributed by atoms with van der Waals surface area (Å²) in [4.78, 5) is 28.1. The quantitative estimate of drug-likeness (QED) is 0.467. The zero-order valence-electron chi connectivity index (χ0n) is 16.4. The van der Waals surface area contributed by atoms with Gasteiger partial charge in [-0.2, -0.15) is 4.98 Å². The molecule has 0 aliphatic heterocycles. The van der Waals surface area contributed by atoms with Crippen molar-refractivity contribution in [3.8, 4) is 22.9 Å². The molecule has 1 aromatic heterocycles. The van der Waals surface area contributed by atoms with Crippen LogP contribution in [0, 0.1) is 0 Å². The first-order valence-electron chi connectivity index (χ1n) is 9.07. The van der Waals surface area contributed by atoms with Gasteiger partial charge >= 0.3 is 11.8 Å². The number of benzene rings is 2. The summed E-state index contributed by atoms with van der Waals surface area (Å²) in [6.45, 7) is 0.126. The van der Waals surface area contributed by atoms with Crippen LogP contribution >= 0.6 is 23.2 Å². The summed E-state index contributed by atoms with van der Waals surface area (Å²) in [6.07, 6.45) is 0. The van der Waals surface area contributed by atoms with Crippen LogP contribution < -0.4 is 20.1 Å². The highest BCUT2D eigenvalue weighted by Crippen LogP contribution is 2.30. The molecule has 1 heterocycles. The molecule has 0 aliphatic rings. The van der Waals surface area contributed by atoms with Crippen molar-refractivity contribution in [2.75, 3.05) is 26.8 Å². The molecule has 11 heteroatoms. The summed E-state index contributed by atoms with van der Waals surface area (Å²) in [6, 6.07) is 11.8. The second-order valence-corrected chi connectivity index (χ2v) is 6.94. The average Bonchev–Trinajstić information content (AvgIpc) is 3.26. The van der Waals surface area contributed by atoms with Gasteiger partial charge in [0.15, 0.2) is 6.61 Å². The van der Waals surface area contributed by atoms with E-state index in [1.807, 2.05) is 0 Å². The lowest BCUT2D eigenvalue weighted by atomic mass is 10.2. The van der Waals surface area contributed by atoms with E-state index in [0.717, 1.165) is 0 Å².